The summed E-state index contributed by atoms with van der Waals surface area (Å²) in [6.45, 7) is 5.05. The second kappa shape index (κ2) is 6.94. The van der Waals surface area contributed by atoms with Crippen LogP contribution in [0.3, 0.4) is 0 Å². The molecule has 1 aromatic rings. The van der Waals surface area contributed by atoms with Gasteiger partial charge >= 0.3 is 0 Å². The first-order valence-corrected chi connectivity index (χ1v) is 7.78. The summed E-state index contributed by atoms with van der Waals surface area (Å²) < 4.78 is 0. The van der Waals surface area contributed by atoms with Crippen molar-refractivity contribution >= 4 is 23.4 Å². The van der Waals surface area contributed by atoms with Gasteiger partial charge in [0.2, 0.25) is 11.8 Å². The molecule has 1 N–H and O–H groups in total. The lowest BCUT2D eigenvalue weighted by Gasteiger charge is -2.40. The second-order valence-corrected chi connectivity index (χ2v) is 5.65. The highest BCUT2D eigenvalue weighted by Gasteiger charge is 2.39. The van der Waals surface area contributed by atoms with E-state index in [-0.39, 0.29) is 23.8 Å². The number of benzene rings is 1. The summed E-state index contributed by atoms with van der Waals surface area (Å²) in [5.74, 6) is -0.0785. The number of likely N-dealkylation sites (tertiary alicyclic amines) is 1. The number of rotatable bonds is 4. The molecule has 2 amide bonds. The van der Waals surface area contributed by atoms with Gasteiger partial charge in [-0.05, 0) is 38.0 Å². The van der Waals surface area contributed by atoms with Gasteiger partial charge in [0.05, 0.1) is 12.0 Å². The molecule has 1 aromatic carbocycles. The fraction of sp³-hybridized carbons (Fsp3) is 0.500. The Hall–Kier alpha value is -1.55. The minimum Gasteiger partial charge on any atom is -0.356 e. The van der Waals surface area contributed by atoms with Crippen LogP contribution in [0, 0.1) is 5.92 Å². The van der Waals surface area contributed by atoms with Crippen molar-refractivity contribution in [1.29, 1.82) is 0 Å². The average molecular weight is 309 g/mol. The van der Waals surface area contributed by atoms with Crippen LogP contribution in [0.1, 0.15) is 38.3 Å². The molecule has 2 rings (SSSR count). The van der Waals surface area contributed by atoms with Crippen LogP contribution >= 0.6 is 11.6 Å². The maximum atomic E-state index is 12.3. The van der Waals surface area contributed by atoms with Crippen LogP contribution in [0.4, 0.5) is 0 Å². The number of nitrogens with zero attached hydrogens (tertiary/aromatic N) is 1. The monoisotopic (exact) mass is 308 g/mol. The van der Waals surface area contributed by atoms with Crippen LogP contribution in [0.15, 0.2) is 24.3 Å². The standard InChI is InChI=1S/C16H21ClN2O2/c1-3-18-16(21)13-9-10-14(20)19(4-2)15(13)11-5-7-12(17)8-6-11/h5-8,13,15H,3-4,9-10H2,1-2H3,(H,18,21)/t13-,15+/m1/s1. The van der Waals surface area contributed by atoms with Crippen molar-refractivity contribution in [3.05, 3.63) is 34.9 Å². The van der Waals surface area contributed by atoms with Crippen LogP contribution in [-0.4, -0.2) is 29.8 Å². The predicted octanol–water partition coefficient (Wildman–Crippen LogP) is 2.78. The van der Waals surface area contributed by atoms with Crippen LogP contribution in [0.5, 0.6) is 0 Å². The summed E-state index contributed by atoms with van der Waals surface area (Å²) in [5.41, 5.74) is 0.963. The molecular weight excluding hydrogens is 288 g/mol. The molecule has 1 heterocycles. The molecule has 0 radical (unpaired) electrons. The molecule has 1 saturated heterocycles. The Bertz CT molecular complexity index is 516. The van der Waals surface area contributed by atoms with Crippen LogP contribution in [0.25, 0.3) is 0 Å². The molecule has 1 aliphatic heterocycles. The number of hydrogen-bond acceptors (Lipinski definition) is 2. The fourth-order valence-electron chi connectivity index (χ4n) is 2.98. The summed E-state index contributed by atoms with van der Waals surface area (Å²) in [6.07, 6.45) is 1.02. The van der Waals surface area contributed by atoms with Crippen molar-refractivity contribution in [2.45, 2.75) is 32.7 Å². The molecule has 1 fully saturated rings. The average Bonchev–Trinajstić information content (AvgIpc) is 2.48. The third kappa shape index (κ3) is 3.38. The van der Waals surface area contributed by atoms with Gasteiger partial charge in [0, 0.05) is 24.5 Å². The van der Waals surface area contributed by atoms with Gasteiger partial charge in [-0.15, -0.1) is 0 Å². The molecule has 0 bridgehead atoms. The maximum Gasteiger partial charge on any atom is 0.225 e. The Balaban J connectivity index is 2.36. The Morgan fingerprint density at radius 2 is 2.00 bits per heavy atom. The van der Waals surface area contributed by atoms with E-state index >= 15 is 0 Å². The predicted molar refractivity (Wildman–Crippen MR) is 83.0 cm³/mol. The number of piperidine rings is 1. The third-order valence-electron chi connectivity index (χ3n) is 3.95. The van der Waals surface area contributed by atoms with E-state index in [1.165, 1.54) is 0 Å². The fourth-order valence-corrected chi connectivity index (χ4v) is 3.10. The minimum absolute atomic E-state index is 0.0170. The van der Waals surface area contributed by atoms with E-state index in [9.17, 15) is 9.59 Å². The van der Waals surface area contributed by atoms with Gasteiger partial charge in [0.15, 0.2) is 0 Å². The highest BCUT2D eigenvalue weighted by molar-refractivity contribution is 6.30. The first-order valence-electron chi connectivity index (χ1n) is 7.41. The Morgan fingerprint density at radius 1 is 1.33 bits per heavy atom. The number of carbonyl (C=O) groups excluding carboxylic acids is 2. The molecule has 2 atom stereocenters. The zero-order valence-corrected chi connectivity index (χ0v) is 13.2. The lowest BCUT2D eigenvalue weighted by atomic mass is 9.83. The number of nitrogens with one attached hydrogen (secondary N) is 1. The maximum absolute atomic E-state index is 12.3. The molecule has 0 unspecified atom stereocenters. The van der Waals surface area contributed by atoms with Gasteiger partial charge in [-0.3, -0.25) is 9.59 Å². The van der Waals surface area contributed by atoms with E-state index in [1.807, 2.05) is 26.0 Å². The lowest BCUT2D eigenvalue weighted by Crippen LogP contribution is -2.47. The summed E-state index contributed by atoms with van der Waals surface area (Å²) in [6, 6.07) is 7.21. The molecule has 114 valence electrons. The first-order chi connectivity index (χ1) is 10.1. The number of halogens is 1. The molecule has 0 saturated carbocycles. The van der Waals surface area contributed by atoms with Crippen LogP contribution < -0.4 is 5.32 Å². The number of carbonyl (C=O) groups is 2. The van der Waals surface area contributed by atoms with Crippen molar-refractivity contribution in [2.24, 2.45) is 5.92 Å². The van der Waals surface area contributed by atoms with Crippen molar-refractivity contribution in [3.63, 3.8) is 0 Å². The van der Waals surface area contributed by atoms with Gasteiger partial charge < -0.3 is 10.2 Å². The van der Waals surface area contributed by atoms with Gasteiger partial charge in [0.25, 0.3) is 0 Å². The Kier molecular flexibility index (Phi) is 5.23. The van der Waals surface area contributed by atoms with E-state index in [0.717, 1.165) is 5.56 Å². The van der Waals surface area contributed by atoms with Gasteiger partial charge in [-0.2, -0.15) is 0 Å². The Labute approximate surface area is 130 Å². The molecule has 5 heteroatoms. The summed E-state index contributed by atoms with van der Waals surface area (Å²) in [5, 5.41) is 3.53. The number of hydrogen-bond donors (Lipinski definition) is 1. The highest BCUT2D eigenvalue weighted by atomic mass is 35.5. The molecule has 0 spiro atoms. The summed E-state index contributed by atoms with van der Waals surface area (Å²) in [7, 11) is 0. The zero-order valence-electron chi connectivity index (χ0n) is 12.4. The smallest absolute Gasteiger partial charge is 0.225 e. The lowest BCUT2D eigenvalue weighted by molar-refractivity contribution is -0.143. The van der Waals surface area contributed by atoms with Gasteiger partial charge in [-0.25, -0.2) is 0 Å². The van der Waals surface area contributed by atoms with E-state index < -0.39 is 0 Å². The minimum atomic E-state index is -0.208. The first kappa shape index (κ1) is 15.8. The van der Waals surface area contributed by atoms with Crippen molar-refractivity contribution in [3.8, 4) is 0 Å². The van der Waals surface area contributed by atoms with Crippen molar-refractivity contribution in [1.82, 2.24) is 10.2 Å². The Morgan fingerprint density at radius 3 is 2.57 bits per heavy atom. The largest absolute Gasteiger partial charge is 0.356 e. The highest BCUT2D eigenvalue weighted by Crippen LogP contribution is 2.37. The molecule has 1 aliphatic rings. The van der Waals surface area contributed by atoms with Crippen LogP contribution in [-0.2, 0) is 9.59 Å². The molecule has 0 aromatic heterocycles. The molecule has 21 heavy (non-hydrogen) atoms. The summed E-state index contributed by atoms with van der Waals surface area (Å²) in [4.78, 5) is 26.3. The second-order valence-electron chi connectivity index (χ2n) is 5.22. The zero-order chi connectivity index (χ0) is 15.4. The van der Waals surface area contributed by atoms with E-state index in [1.54, 1.807) is 17.0 Å². The third-order valence-corrected chi connectivity index (χ3v) is 4.20. The van der Waals surface area contributed by atoms with E-state index in [0.29, 0.717) is 31.0 Å². The van der Waals surface area contributed by atoms with Crippen LogP contribution in [0.2, 0.25) is 5.02 Å². The number of amides is 2. The topological polar surface area (TPSA) is 49.4 Å². The van der Waals surface area contributed by atoms with Crippen molar-refractivity contribution in [2.75, 3.05) is 13.1 Å². The normalized spacial score (nSPS) is 22.2. The summed E-state index contributed by atoms with van der Waals surface area (Å²) >= 11 is 5.94. The quantitative estimate of drug-likeness (QED) is 0.930. The van der Waals surface area contributed by atoms with E-state index in [2.05, 4.69) is 5.32 Å². The molecule has 0 aliphatic carbocycles. The van der Waals surface area contributed by atoms with Gasteiger partial charge in [-0.1, -0.05) is 23.7 Å². The van der Waals surface area contributed by atoms with Gasteiger partial charge in [0.1, 0.15) is 0 Å². The van der Waals surface area contributed by atoms with Crippen molar-refractivity contribution < 1.29 is 9.59 Å². The molecular formula is C16H21ClN2O2. The molecule has 4 nitrogen and oxygen atoms in total. The van der Waals surface area contributed by atoms with E-state index in [4.69, 9.17) is 11.6 Å². The SMILES string of the molecule is CCNC(=O)[C@@H]1CCC(=O)N(CC)[C@H]1c1ccc(Cl)cc1.